The number of nitrogens with two attached hydrogens (primary N) is 2. The van der Waals surface area contributed by atoms with Crippen LogP contribution < -0.4 is 16.8 Å². The molecule has 110 valence electrons. The number of nitrogens with one attached hydrogen (secondary N) is 2. The van der Waals surface area contributed by atoms with Gasteiger partial charge in [0, 0.05) is 17.8 Å². The van der Waals surface area contributed by atoms with Gasteiger partial charge in [-0.25, -0.2) is 4.98 Å². The second kappa shape index (κ2) is 5.43. The van der Waals surface area contributed by atoms with Crippen LogP contribution in [-0.4, -0.2) is 21.1 Å². The summed E-state index contributed by atoms with van der Waals surface area (Å²) in [6.45, 7) is 0.439. The molecule has 7 nitrogen and oxygen atoms in total. The molecule has 0 fully saturated rings. The fourth-order valence-electron chi connectivity index (χ4n) is 2.60. The summed E-state index contributed by atoms with van der Waals surface area (Å²) in [6, 6.07) is 1.87. The van der Waals surface area contributed by atoms with Crippen molar-refractivity contribution in [3.8, 4) is 0 Å². The molecule has 7 heteroatoms. The number of amides is 1. The monoisotopic (exact) mass is 286 g/mol. The third-order valence-electron chi connectivity index (χ3n) is 3.76. The Hall–Kier alpha value is -2.57. The molecule has 0 atom stereocenters. The van der Waals surface area contributed by atoms with Gasteiger partial charge >= 0.3 is 0 Å². The highest BCUT2D eigenvalue weighted by Gasteiger charge is 2.18. The normalized spacial score (nSPS) is 13.7. The topological polar surface area (TPSA) is 123 Å². The summed E-state index contributed by atoms with van der Waals surface area (Å²) in [5, 5.41) is 9.66. The highest BCUT2D eigenvalue weighted by atomic mass is 16.1. The van der Waals surface area contributed by atoms with Crippen molar-refractivity contribution in [2.24, 2.45) is 5.73 Å². The van der Waals surface area contributed by atoms with Gasteiger partial charge in [0.15, 0.2) is 0 Å². The molecule has 0 saturated carbocycles. The first-order valence-corrected chi connectivity index (χ1v) is 6.99. The molecule has 6 N–H and O–H groups in total. The smallest absolute Gasteiger partial charge is 0.252 e. The Morgan fingerprint density at radius 1 is 1.38 bits per heavy atom. The van der Waals surface area contributed by atoms with Gasteiger partial charge in [-0.2, -0.15) is 5.10 Å². The quantitative estimate of drug-likeness (QED) is 0.667. The first kappa shape index (κ1) is 13.4. The van der Waals surface area contributed by atoms with Gasteiger partial charge < -0.3 is 16.8 Å². The van der Waals surface area contributed by atoms with E-state index < -0.39 is 5.91 Å². The van der Waals surface area contributed by atoms with Crippen molar-refractivity contribution in [3.05, 3.63) is 34.6 Å². The van der Waals surface area contributed by atoms with Gasteiger partial charge in [-0.15, -0.1) is 0 Å². The van der Waals surface area contributed by atoms with Crippen LogP contribution in [0.2, 0.25) is 0 Å². The van der Waals surface area contributed by atoms with E-state index in [1.54, 1.807) is 6.20 Å². The zero-order valence-electron chi connectivity index (χ0n) is 11.6. The van der Waals surface area contributed by atoms with Crippen molar-refractivity contribution >= 4 is 17.5 Å². The van der Waals surface area contributed by atoms with Crippen LogP contribution in [0.4, 0.5) is 11.6 Å². The number of anilines is 2. The summed E-state index contributed by atoms with van der Waals surface area (Å²) in [6.07, 6.45) is 5.80. The molecule has 0 saturated heterocycles. The zero-order chi connectivity index (χ0) is 14.8. The number of hydrogen-bond acceptors (Lipinski definition) is 5. The fourth-order valence-corrected chi connectivity index (χ4v) is 2.60. The van der Waals surface area contributed by atoms with Crippen LogP contribution in [0.15, 0.2) is 12.3 Å². The Morgan fingerprint density at radius 2 is 2.19 bits per heavy atom. The number of fused-ring (bicyclic) bond motifs is 1. The molecule has 0 unspecified atom stereocenters. The van der Waals surface area contributed by atoms with Gasteiger partial charge in [0.2, 0.25) is 0 Å². The molecule has 0 radical (unpaired) electrons. The van der Waals surface area contributed by atoms with Gasteiger partial charge in [-0.05, 0) is 37.3 Å². The van der Waals surface area contributed by atoms with Crippen molar-refractivity contribution in [1.82, 2.24) is 15.2 Å². The van der Waals surface area contributed by atoms with Crippen molar-refractivity contribution < 1.29 is 4.79 Å². The molecule has 0 aromatic carbocycles. The molecule has 0 bridgehead atoms. The van der Waals surface area contributed by atoms with E-state index in [2.05, 4.69) is 20.5 Å². The standard InChI is InChI=1S/C14H18N6O/c15-12-9(7-18-20-12)6-17-14-10(13(16)21)5-8-3-1-2-4-11(8)19-14/h5,7H,1-4,6H2,(H2,16,21)(H,17,19)(H3,15,18,20). The number of primary amides is 1. The van der Waals surface area contributed by atoms with E-state index in [1.807, 2.05) is 6.07 Å². The number of rotatable bonds is 4. The van der Waals surface area contributed by atoms with Crippen LogP contribution in [0, 0.1) is 0 Å². The van der Waals surface area contributed by atoms with Crippen LogP contribution >= 0.6 is 0 Å². The Morgan fingerprint density at radius 3 is 2.90 bits per heavy atom. The van der Waals surface area contributed by atoms with Crippen LogP contribution in [0.5, 0.6) is 0 Å². The molecule has 1 aliphatic carbocycles. The predicted molar refractivity (Wildman–Crippen MR) is 79.7 cm³/mol. The molecule has 1 amide bonds. The number of hydrogen-bond donors (Lipinski definition) is 4. The van der Waals surface area contributed by atoms with Crippen molar-refractivity contribution in [2.45, 2.75) is 32.2 Å². The number of carbonyl (C=O) groups excluding carboxylic acids is 1. The summed E-state index contributed by atoms with van der Waals surface area (Å²) in [5.74, 6) is 0.545. The summed E-state index contributed by atoms with van der Waals surface area (Å²) in [4.78, 5) is 16.2. The maximum absolute atomic E-state index is 11.6. The second-order valence-corrected chi connectivity index (χ2v) is 5.22. The van der Waals surface area contributed by atoms with Gasteiger partial charge in [0.25, 0.3) is 5.91 Å². The average molecular weight is 286 g/mol. The lowest BCUT2D eigenvalue weighted by Crippen LogP contribution is -2.18. The number of aromatic nitrogens is 3. The first-order valence-electron chi connectivity index (χ1n) is 6.99. The van der Waals surface area contributed by atoms with Crippen LogP contribution in [-0.2, 0) is 19.4 Å². The van der Waals surface area contributed by atoms with Crippen molar-refractivity contribution in [3.63, 3.8) is 0 Å². The number of aryl methyl sites for hydroxylation is 2. The van der Waals surface area contributed by atoms with E-state index in [4.69, 9.17) is 11.5 Å². The number of nitrogens with zero attached hydrogens (tertiary/aromatic N) is 2. The number of carbonyl (C=O) groups is 1. The summed E-state index contributed by atoms with van der Waals surface area (Å²) >= 11 is 0. The number of pyridine rings is 1. The Labute approximate surface area is 122 Å². The molecule has 21 heavy (non-hydrogen) atoms. The lowest BCUT2D eigenvalue weighted by molar-refractivity contribution is 0.100. The molecule has 2 aromatic heterocycles. The van der Waals surface area contributed by atoms with Crippen molar-refractivity contribution in [1.29, 1.82) is 0 Å². The maximum atomic E-state index is 11.6. The van der Waals surface area contributed by atoms with Crippen LogP contribution in [0.25, 0.3) is 0 Å². The fraction of sp³-hybridized carbons (Fsp3) is 0.357. The number of H-pyrrole nitrogens is 1. The van der Waals surface area contributed by atoms with E-state index >= 15 is 0 Å². The summed E-state index contributed by atoms with van der Waals surface area (Å²) in [7, 11) is 0. The van der Waals surface area contributed by atoms with Crippen molar-refractivity contribution in [2.75, 3.05) is 11.1 Å². The van der Waals surface area contributed by atoms with E-state index in [9.17, 15) is 4.79 Å². The number of aromatic amines is 1. The predicted octanol–water partition coefficient (Wildman–Crippen LogP) is 0.977. The molecular weight excluding hydrogens is 268 g/mol. The van der Waals surface area contributed by atoms with Gasteiger partial charge in [-0.1, -0.05) is 0 Å². The summed E-state index contributed by atoms with van der Waals surface area (Å²) in [5.41, 5.74) is 14.6. The minimum absolute atomic E-state index is 0.428. The highest BCUT2D eigenvalue weighted by Crippen LogP contribution is 2.25. The lowest BCUT2D eigenvalue weighted by atomic mass is 9.94. The van der Waals surface area contributed by atoms with Gasteiger partial charge in [0.1, 0.15) is 11.6 Å². The van der Waals surface area contributed by atoms with E-state index in [0.717, 1.165) is 42.5 Å². The third kappa shape index (κ3) is 2.67. The van der Waals surface area contributed by atoms with E-state index in [0.29, 0.717) is 23.7 Å². The minimum atomic E-state index is -0.474. The minimum Gasteiger partial charge on any atom is -0.384 e. The molecular formula is C14H18N6O. The average Bonchev–Trinajstić information content (AvgIpc) is 2.89. The molecule has 1 aliphatic rings. The Balaban J connectivity index is 1.89. The number of nitrogen functional groups attached to an aromatic ring is 1. The molecule has 0 aliphatic heterocycles. The molecule has 0 spiro atoms. The zero-order valence-corrected chi connectivity index (χ0v) is 11.6. The highest BCUT2D eigenvalue weighted by molar-refractivity contribution is 5.97. The van der Waals surface area contributed by atoms with E-state index in [-0.39, 0.29) is 0 Å². The largest absolute Gasteiger partial charge is 0.384 e. The third-order valence-corrected chi connectivity index (χ3v) is 3.76. The molecule has 3 rings (SSSR count). The molecule has 2 aromatic rings. The first-order chi connectivity index (χ1) is 10.1. The van der Waals surface area contributed by atoms with Crippen LogP contribution in [0.1, 0.15) is 40.0 Å². The maximum Gasteiger partial charge on any atom is 0.252 e. The molecule has 2 heterocycles. The lowest BCUT2D eigenvalue weighted by Gasteiger charge is -2.18. The van der Waals surface area contributed by atoms with Crippen LogP contribution in [0.3, 0.4) is 0 Å². The second-order valence-electron chi connectivity index (χ2n) is 5.22. The summed E-state index contributed by atoms with van der Waals surface area (Å²) < 4.78 is 0. The van der Waals surface area contributed by atoms with Gasteiger partial charge in [0.05, 0.1) is 11.8 Å². The van der Waals surface area contributed by atoms with E-state index in [1.165, 1.54) is 0 Å². The Kier molecular flexibility index (Phi) is 3.47. The van der Waals surface area contributed by atoms with Gasteiger partial charge in [-0.3, -0.25) is 9.89 Å². The SMILES string of the molecule is NC(=O)c1cc2c(nc1NCc1cn[nH]c1N)CCCC2. The Bertz CT molecular complexity index is 678.